The summed E-state index contributed by atoms with van der Waals surface area (Å²) in [6.07, 6.45) is 4.68. The van der Waals surface area contributed by atoms with Crippen LogP contribution < -0.4 is 10.2 Å². The highest BCUT2D eigenvalue weighted by molar-refractivity contribution is 5.93. The van der Waals surface area contributed by atoms with Crippen LogP contribution in [0.4, 0.5) is 5.82 Å². The molecule has 1 atom stereocenters. The van der Waals surface area contributed by atoms with Gasteiger partial charge in [-0.25, -0.2) is 4.98 Å². The molecule has 0 aliphatic carbocycles. The van der Waals surface area contributed by atoms with Crippen LogP contribution in [0.5, 0.6) is 0 Å². The van der Waals surface area contributed by atoms with Crippen molar-refractivity contribution in [1.29, 1.82) is 0 Å². The molecule has 0 saturated carbocycles. The fourth-order valence-electron chi connectivity index (χ4n) is 3.91. The first-order valence-corrected chi connectivity index (χ1v) is 10.7. The first-order chi connectivity index (χ1) is 14.0. The number of rotatable bonds is 8. The van der Waals surface area contributed by atoms with Gasteiger partial charge in [0.2, 0.25) is 0 Å². The second-order valence-electron chi connectivity index (χ2n) is 7.96. The number of aryl methyl sites for hydroxylation is 1. The minimum Gasteiger partial charge on any atom is -0.359 e. The molecule has 1 fully saturated rings. The molecule has 0 spiro atoms. The maximum atomic E-state index is 12.4. The Labute approximate surface area is 173 Å². The van der Waals surface area contributed by atoms with Gasteiger partial charge in [0, 0.05) is 44.0 Å². The summed E-state index contributed by atoms with van der Waals surface area (Å²) in [6, 6.07) is 6.78. The van der Waals surface area contributed by atoms with Gasteiger partial charge in [0.15, 0.2) is 5.76 Å². The molecule has 0 aromatic carbocycles. The summed E-state index contributed by atoms with van der Waals surface area (Å²) in [5.74, 6) is 1.44. The molecule has 1 amide bonds. The normalized spacial score (nSPS) is 17.7. The highest BCUT2D eigenvalue weighted by Crippen LogP contribution is 2.20. The number of aromatic nitrogens is 2. The van der Waals surface area contributed by atoms with Crippen molar-refractivity contribution in [2.45, 2.75) is 65.6 Å². The standard InChI is InChI=1S/C22H33N5O2/c1-5-7-18-12-20(29-25-18)14-24-22(28)17-8-9-21(23-13-17)26-10-11-27(16(3)4)19(6-2)15-26/h8-9,12-13,16,19H,5-7,10-11,14-15H2,1-4H3,(H,24,28)/t19-/m0/s1. The van der Waals surface area contributed by atoms with Crippen LogP contribution in [-0.4, -0.2) is 52.7 Å². The molecule has 2 aromatic rings. The number of hydrogen-bond donors (Lipinski definition) is 1. The van der Waals surface area contributed by atoms with Gasteiger partial charge in [-0.3, -0.25) is 9.69 Å². The summed E-state index contributed by atoms with van der Waals surface area (Å²) < 4.78 is 5.26. The van der Waals surface area contributed by atoms with E-state index < -0.39 is 0 Å². The molecule has 1 aliphatic heterocycles. The number of pyridine rings is 1. The Balaban J connectivity index is 1.55. The molecule has 1 saturated heterocycles. The molecular formula is C22H33N5O2. The van der Waals surface area contributed by atoms with Crippen molar-refractivity contribution in [2.24, 2.45) is 0 Å². The van der Waals surface area contributed by atoms with Crippen molar-refractivity contribution < 1.29 is 9.32 Å². The Morgan fingerprint density at radius 2 is 2.14 bits per heavy atom. The van der Waals surface area contributed by atoms with Crippen molar-refractivity contribution in [1.82, 2.24) is 20.4 Å². The minimum absolute atomic E-state index is 0.159. The van der Waals surface area contributed by atoms with Crippen molar-refractivity contribution in [3.63, 3.8) is 0 Å². The minimum atomic E-state index is -0.159. The number of nitrogens with one attached hydrogen (secondary N) is 1. The van der Waals surface area contributed by atoms with Gasteiger partial charge < -0.3 is 14.7 Å². The third-order valence-electron chi connectivity index (χ3n) is 5.53. The largest absolute Gasteiger partial charge is 0.359 e. The first-order valence-electron chi connectivity index (χ1n) is 10.7. The number of amides is 1. The number of piperazine rings is 1. The summed E-state index contributed by atoms with van der Waals surface area (Å²) in [4.78, 5) is 21.9. The number of hydrogen-bond acceptors (Lipinski definition) is 6. The van der Waals surface area contributed by atoms with E-state index in [4.69, 9.17) is 4.52 Å². The fourth-order valence-corrected chi connectivity index (χ4v) is 3.91. The lowest BCUT2D eigenvalue weighted by atomic mass is 10.1. The fraction of sp³-hybridized carbons (Fsp3) is 0.591. The van der Waals surface area contributed by atoms with Gasteiger partial charge in [-0.2, -0.15) is 0 Å². The summed E-state index contributed by atoms with van der Waals surface area (Å²) in [6.45, 7) is 12.1. The zero-order chi connectivity index (χ0) is 20.8. The van der Waals surface area contributed by atoms with Gasteiger partial charge in [-0.1, -0.05) is 25.4 Å². The summed E-state index contributed by atoms with van der Waals surface area (Å²) in [7, 11) is 0. The van der Waals surface area contributed by atoms with Crippen LogP contribution in [-0.2, 0) is 13.0 Å². The molecule has 0 unspecified atom stereocenters. The Morgan fingerprint density at radius 3 is 2.79 bits per heavy atom. The predicted molar refractivity (Wildman–Crippen MR) is 114 cm³/mol. The lowest BCUT2D eigenvalue weighted by Crippen LogP contribution is -2.55. The van der Waals surface area contributed by atoms with Crippen LogP contribution in [0, 0.1) is 0 Å². The second-order valence-corrected chi connectivity index (χ2v) is 7.96. The van der Waals surface area contributed by atoms with E-state index in [1.807, 2.05) is 18.2 Å². The Bertz CT molecular complexity index is 787. The molecular weight excluding hydrogens is 366 g/mol. The van der Waals surface area contributed by atoms with E-state index in [-0.39, 0.29) is 5.91 Å². The van der Waals surface area contributed by atoms with E-state index in [9.17, 15) is 4.79 Å². The summed E-state index contributed by atoms with van der Waals surface area (Å²) in [5.41, 5.74) is 1.47. The number of nitrogens with zero attached hydrogens (tertiary/aromatic N) is 4. The second kappa shape index (κ2) is 9.87. The van der Waals surface area contributed by atoms with Crippen LogP contribution in [0.2, 0.25) is 0 Å². The van der Waals surface area contributed by atoms with Gasteiger partial charge in [0.25, 0.3) is 5.91 Å². The predicted octanol–water partition coefficient (Wildman–Crippen LogP) is 3.26. The van der Waals surface area contributed by atoms with Crippen LogP contribution in [0.15, 0.2) is 28.9 Å². The van der Waals surface area contributed by atoms with E-state index in [1.165, 1.54) is 0 Å². The summed E-state index contributed by atoms with van der Waals surface area (Å²) >= 11 is 0. The number of carbonyl (C=O) groups is 1. The van der Waals surface area contributed by atoms with Crippen molar-refractivity contribution in [2.75, 3.05) is 24.5 Å². The molecule has 158 valence electrons. The molecule has 0 bridgehead atoms. The van der Waals surface area contributed by atoms with Gasteiger partial charge in [-0.05, 0) is 38.8 Å². The number of anilines is 1. The molecule has 1 aliphatic rings. The number of carbonyl (C=O) groups excluding carboxylic acids is 1. The Morgan fingerprint density at radius 1 is 1.31 bits per heavy atom. The average molecular weight is 400 g/mol. The first kappa shape index (κ1) is 21.3. The molecule has 29 heavy (non-hydrogen) atoms. The van der Waals surface area contributed by atoms with Gasteiger partial charge in [-0.15, -0.1) is 0 Å². The van der Waals surface area contributed by atoms with Crippen LogP contribution in [0.1, 0.15) is 62.3 Å². The SMILES string of the molecule is CCCc1cc(CNC(=O)c2ccc(N3CCN(C(C)C)[C@@H](CC)C3)nc2)on1. The third-order valence-corrected chi connectivity index (χ3v) is 5.53. The monoisotopic (exact) mass is 399 g/mol. The van der Waals surface area contributed by atoms with E-state index in [0.717, 1.165) is 50.4 Å². The van der Waals surface area contributed by atoms with Gasteiger partial charge in [0.05, 0.1) is 17.8 Å². The highest BCUT2D eigenvalue weighted by atomic mass is 16.5. The zero-order valence-corrected chi connectivity index (χ0v) is 18.0. The van der Waals surface area contributed by atoms with Crippen molar-refractivity contribution in [3.8, 4) is 0 Å². The maximum absolute atomic E-state index is 12.4. The zero-order valence-electron chi connectivity index (χ0n) is 18.0. The van der Waals surface area contributed by atoms with Crippen LogP contribution >= 0.6 is 0 Å². The quantitative estimate of drug-likeness (QED) is 0.734. The van der Waals surface area contributed by atoms with Crippen LogP contribution in [0.25, 0.3) is 0 Å². The molecule has 7 nitrogen and oxygen atoms in total. The average Bonchev–Trinajstić information content (AvgIpc) is 3.19. The van der Waals surface area contributed by atoms with Gasteiger partial charge >= 0.3 is 0 Å². The lowest BCUT2D eigenvalue weighted by Gasteiger charge is -2.43. The van der Waals surface area contributed by atoms with E-state index in [2.05, 4.69) is 53.0 Å². The topological polar surface area (TPSA) is 74.5 Å². The van der Waals surface area contributed by atoms with Crippen molar-refractivity contribution in [3.05, 3.63) is 41.4 Å². The smallest absolute Gasteiger partial charge is 0.253 e. The maximum Gasteiger partial charge on any atom is 0.253 e. The molecule has 3 heterocycles. The van der Waals surface area contributed by atoms with E-state index in [1.54, 1.807) is 6.20 Å². The van der Waals surface area contributed by atoms with E-state index >= 15 is 0 Å². The summed E-state index contributed by atoms with van der Waals surface area (Å²) in [5, 5.41) is 6.87. The molecule has 3 rings (SSSR count). The molecule has 7 heteroatoms. The van der Waals surface area contributed by atoms with Crippen LogP contribution in [0.3, 0.4) is 0 Å². The highest BCUT2D eigenvalue weighted by Gasteiger charge is 2.28. The van der Waals surface area contributed by atoms with Gasteiger partial charge in [0.1, 0.15) is 5.82 Å². The third kappa shape index (κ3) is 5.35. The molecule has 0 radical (unpaired) electrons. The Kier molecular flexibility index (Phi) is 7.25. The van der Waals surface area contributed by atoms with Crippen molar-refractivity contribution >= 4 is 11.7 Å². The molecule has 2 aromatic heterocycles. The molecule has 1 N–H and O–H groups in total. The van der Waals surface area contributed by atoms with E-state index in [0.29, 0.717) is 30.0 Å². The lowest BCUT2D eigenvalue weighted by molar-refractivity contribution is 0.0946. The Hall–Kier alpha value is -2.41.